The number of ether oxygens (including phenoxy) is 2. The van der Waals surface area contributed by atoms with E-state index >= 15 is 0 Å². The van der Waals surface area contributed by atoms with E-state index in [0.29, 0.717) is 13.3 Å². The summed E-state index contributed by atoms with van der Waals surface area (Å²) in [6.45, 7) is 11.2. The van der Waals surface area contributed by atoms with Gasteiger partial charge in [-0.3, -0.25) is 0 Å². The normalized spacial score (nSPS) is 18.6. The smallest absolute Gasteiger partial charge is 0.410 e. The van der Waals surface area contributed by atoms with Crippen molar-refractivity contribution in [2.75, 3.05) is 18.5 Å². The van der Waals surface area contributed by atoms with Crippen LogP contribution in [-0.4, -0.2) is 58.8 Å². The molecule has 0 radical (unpaired) electrons. The van der Waals surface area contributed by atoms with Gasteiger partial charge in [0, 0.05) is 39.5 Å². The van der Waals surface area contributed by atoms with Gasteiger partial charge in [0.1, 0.15) is 31.1 Å². The van der Waals surface area contributed by atoms with Gasteiger partial charge in [0.25, 0.3) is 0 Å². The Morgan fingerprint density at radius 2 is 1.94 bits per heavy atom. The maximum absolute atomic E-state index is 12.8. The van der Waals surface area contributed by atoms with Crippen molar-refractivity contribution in [1.29, 1.82) is 0 Å². The lowest BCUT2D eigenvalue weighted by atomic mass is 10.00. The summed E-state index contributed by atoms with van der Waals surface area (Å²) in [5, 5.41) is 4.51. The van der Waals surface area contributed by atoms with Crippen LogP contribution in [0, 0.1) is 0 Å². The first-order valence-electron chi connectivity index (χ1n) is 12.4. The lowest BCUT2D eigenvalue weighted by molar-refractivity contribution is 0.0696. The van der Waals surface area contributed by atoms with Crippen molar-refractivity contribution in [1.82, 2.24) is 19.4 Å². The number of nitrogens with one attached hydrogen (secondary N) is 1. The fourth-order valence-electron chi connectivity index (χ4n) is 4.24. The molecule has 1 N–H and O–H groups in total. The monoisotopic (exact) mass is 495 g/mol. The molecule has 3 aromatic rings. The van der Waals surface area contributed by atoms with E-state index in [1.54, 1.807) is 6.33 Å². The van der Waals surface area contributed by atoms with Gasteiger partial charge in [0.15, 0.2) is 0 Å². The molecule has 3 heterocycles. The molecule has 2 atom stereocenters. The van der Waals surface area contributed by atoms with Crippen LogP contribution in [-0.2, 0) is 22.8 Å². The summed E-state index contributed by atoms with van der Waals surface area (Å²) in [4.78, 5) is 23.6. The van der Waals surface area contributed by atoms with Gasteiger partial charge in [-0.25, -0.2) is 14.8 Å². The van der Waals surface area contributed by atoms with Crippen molar-refractivity contribution >= 4 is 31.0 Å². The number of benzene rings is 1. The van der Waals surface area contributed by atoms with Gasteiger partial charge in [-0.05, 0) is 37.4 Å². The molecule has 0 saturated carbocycles. The topological polar surface area (TPSA) is 81.5 Å². The molecule has 4 rings (SSSR count). The molecule has 8 nitrogen and oxygen atoms in total. The minimum atomic E-state index is -1.12. The average Bonchev–Trinajstić information content (AvgIpc) is 3.25. The summed E-state index contributed by atoms with van der Waals surface area (Å²) in [5.41, 5.74) is 1.83. The Labute approximate surface area is 208 Å². The van der Waals surface area contributed by atoms with Crippen LogP contribution in [0.1, 0.15) is 25.3 Å². The lowest BCUT2D eigenvalue weighted by Gasteiger charge is -2.37. The molecular weight excluding hydrogens is 458 g/mol. The minimum absolute atomic E-state index is 0.0879. The fraction of sp³-hybridized carbons (Fsp3) is 0.500. The SMILES string of the molecule is C[C@H]1CC[C@@H](Nc2ncnc3c2ccn3COCC[Si](C)(C)C)CN1C(=O)OCc1ccccc1. The number of carbonyl (C=O) groups is 1. The number of hydrogen-bond acceptors (Lipinski definition) is 6. The quantitative estimate of drug-likeness (QED) is 0.319. The number of piperidine rings is 1. The predicted molar refractivity (Wildman–Crippen MR) is 141 cm³/mol. The van der Waals surface area contributed by atoms with Gasteiger partial charge < -0.3 is 24.3 Å². The van der Waals surface area contributed by atoms with Gasteiger partial charge in [-0.15, -0.1) is 0 Å². The van der Waals surface area contributed by atoms with Crippen LogP contribution in [0.5, 0.6) is 0 Å². The van der Waals surface area contributed by atoms with Gasteiger partial charge in [-0.1, -0.05) is 50.0 Å². The first-order chi connectivity index (χ1) is 16.8. The maximum Gasteiger partial charge on any atom is 0.410 e. The third kappa shape index (κ3) is 6.82. The highest BCUT2D eigenvalue weighted by Crippen LogP contribution is 2.25. The largest absolute Gasteiger partial charge is 0.445 e. The van der Waals surface area contributed by atoms with Crippen LogP contribution in [0.2, 0.25) is 25.7 Å². The number of carbonyl (C=O) groups excluding carboxylic acids is 1. The van der Waals surface area contributed by atoms with Crippen molar-refractivity contribution < 1.29 is 14.3 Å². The molecule has 35 heavy (non-hydrogen) atoms. The number of anilines is 1. The second-order valence-corrected chi connectivity index (χ2v) is 16.2. The molecule has 1 aliphatic heterocycles. The summed E-state index contributed by atoms with van der Waals surface area (Å²) >= 11 is 0. The summed E-state index contributed by atoms with van der Waals surface area (Å²) in [6.07, 6.45) is 5.16. The van der Waals surface area contributed by atoms with Crippen molar-refractivity contribution in [2.45, 2.75) is 70.9 Å². The molecule has 0 unspecified atom stereocenters. The number of hydrogen-bond donors (Lipinski definition) is 1. The van der Waals surface area contributed by atoms with Crippen LogP contribution in [0.25, 0.3) is 11.0 Å². The number of likely N-dealkylation sites (tertiary alicyclic amines) is 1. The Kier molecular flexibility index (Phi) is 8.07. The van der Waals surface area contributed by atoms with E-state index in [0.717, 1.165) is 47.9 Å². The van der Waals surface area contributed by atoms with Crippen LogP contribution in [0.15, 0.2) is 48.9 Å². The number of aromatic nitrogens is 3. The van der Waals surface area contributed by atoms with E-state index in [4.69, 9.17) is 9.47 Å². The molecule has 0 bridgehead atoms. The zero-order chi connectivity index (χ0) is 24.8. The summed E-state index contributed by atoms with van der Waals surface area (Å²) in [6, 6.07) is 13.1. The molecule has 1 saturated heterocycles. The average molecular weight is 496 g/mol. The van der Waals surface area contributed by atoms with Gasteiger partial charge in [-0.2, -0.15) is 0 Å². The number of nitrogens with zero attached hydrogens (tertiary/aromatic N) is 4. The van der Waals surface area contributed by atoms with E-state index < -0.39 is 8.07 Å². The standard InChI is InChI=1S/C26H37N5O3Si/c1-20-10-11-22(16-31(20)26(32)34-17-21-8-6-5-7-9-21)29-24-23-12-13-30(25(23)28-18-27-24)19-33-14-15-35(2,3)4/h5-9,12-13,18,20,22H,10-11,14-17,19H2,1-4H3,(H,27,28,29)/t20-,22+/m0/s1. The minimum Gasteiger partial charge on any atom is -0.445 e. The lowest BCUT2D eigenvalue weighted by Crippen LogP contribution is -2.49. The van der Waals surface area contributed by atoms with E-state index in [2.05, 4.69) is 41.8 Å². The zero-order valence-corrected chi connectivity index (χ0v) is 22.2. The van der Waals surface area contributed by atoms with Crippen LogP contribution >= 0.6 is 0 Å². The zero-order valence-electron chi connectivity index (χ0n) is 21.2. The van der Waals surface area contributed by atoms with Crippen molar-refractivity contribution in [3.63, 3.8) is 0 Å². The van der Waals surface area contributed by atoms with Gasteiger partial charge in [0.2, 0.25) is 0 Å². The number of amides is 1. The van der Waals surface area contributed by atoms with Gasteiger partial charge >= 0.3 is 6.09 Å². The molecule has 188 valence electrons. The maximum atomic E-state index is 12.8. The predicted octanol–water partition coefficient (Wildman–Crippen LogP) is 5.35. The first-order valence-corrected chi connectivity index (χ1v) is 16.1. The highest BCUT2D eigenvalue weighted by atomic mass is 28.3. The third-order valence-electron chi connectivity index (χ3n) is 6.45. The number of fused-ring (bicyclic) bond motifs is 1. The Morgan fingerprint density at radius 1 is 1.14 bits per heavy atom. The second kappa shape index (κ2) is 11.2. The Bertz CT molecular complexity index is 1120. The summed E-state index contributed by atoms with van der Waals surface area (Å²) in [5.74, 6) is 0.785. The van der Waals surface area contributed by atoms with E-state index in [1.165, 1.54) is 0 Å². The van der Waals surface area contributed by atoms with E-state index in [1.807, 2.05) is 52.1 Å². The Morgan fingerprint density at radius 3 is 2.71 bits per heavy atom. The molecule has 9 heteroatoms. The van der Waals surface area contributed by atoms with E-state index in [9.17, 15) is 4.79 Å². The second-order valence-electron chi connectivity index (χ2n) is 10.6. The highest BCUT2D eigenvalue weighted by molar-refractivity contribution is 6.76. The molecule has 1 fully saturated rings. The van der Waals surface area contributed by atoms with Crippen LogP contribution in [0.3, 0.4) is 0 Å². The summed E-state index contributed by atoms with van der Waals surface area (Å²) < 4.78 is 13.5. The van der Waals surface area contributed by atoms with Crippen LogP contribution in [0.4, 0.5) is 10.6 Å². The highest BCUT2D eigenvalue weighted by Gasteiger charge is 2.30. The molecular formula is C26H37N5O3Si. The molecule has 1 amide bonds. The molecule has 1 aromatic carbocycles. The first kappa shape index (κ1) is 25.2. The van der Waals surface area contributed by atoms with Crippen molar-refractivity contribution in [2.24, 2.45) is 0 Å². The fourth-order valence-corrected chi connectivity index (χ4v) is 5.00. The van der Waals surface area contributed by atoms with Crippen LogP contribution < -0.4 is 5.32 Å². The van der Waals surface area contributed by atoms with Gasteiger partial charge in [0.05, 0.1) is 5.39 Å². The summed E-state index contributed by atoms with van der Waals surface area (Å²) in [7, 11) is -1.12. The number of rotatable bonds is 9. The molecule has 0 aliphatic carbocycles. The molecule has 2 aromatic heterocycles. The van der Waals surface area contributed by atoms with Crippen molar-refractivity contribution in [3.05, 3.63) is 54.5 Å². The molecule has 1 aliphatic rings. The van der Waals surface area contributed by atoms with Crippen molar-refractivity contribution in [3.8, 4) is 0 Å². The Hall–Kier alpha value is -2.91. The molecule has 0 spiro atoms. The van der Waals surface area contributed by atoms with E-state index in [-0.39, 0.29) is 24.8 Å². The third-order valence-corrected chi connectivity index (χ3v) is 8.15. The Balaban J connectivity index is 1.36.